The van der Waals surface area contributed by atoms with E-state index in [0.29, 0.717) is 35.2 Å². The van der Waals surface area contributed by atoms with Gasteiger partial charge in [0.15, 0.2) is 10.8 Å². The van der Waals surface area contributed by atoms with Gasteiger partial charge in [-0.2, -0.15) is 4.91 Å². The zero-order valence-electron chi connectivity index (χ0n) is 14.0. The Balaban J connectivity index is 1.99. The number of thiazole rings is 1. The number of aromatic nitrogens is 3. The molecular formula is C16H12N6O4S. The summed E-state index contributed by atoms with van der Waals surface area (Å²) in [6.07, 6.45) is 2.82. The van der Waals surface area contributed by atoms with Crippen molar-refractivity contribution in [1.29, 1.82) is 0 Å². The molecule has 0 atom stereocenters. The van der Waals surface area contributed by atoms with Gasteiger partial charge in [-0.3, -0.25) is 14.2 Å². The minimum absolute atomic E-state index is 0.217. The number of anilines is 1. The van der Waals surface area contributed by atoms with Crippen LogP contribution in [0.4, 0.5) is 5.82 Å². The molecule has 1 fully saturated rings. The van der Waals surface area contributed by atoms with Gasteiger partial charge in [0.25, 0.3) is 0 Å². The van der Waals surface area contributed by atoms with Crippen LogP contribution < -0.4 is 10.3 Å². The SMILES string of the molecule is Cc1cc(N2CC(N=O)C2)nc2c1c(=O)c(C(=O)N=O)cn2-c1nccs1. The summed E-state index contributed by atoms with van der Waals surface area (Å²) in [5.74, 6) is -0.546. The second kappa shape index (κ2) is 6.43. The lowest BCUT2D eigenvalue weighted by molar-refractivity contribution is 0.0999. The molecule has 4 heterocycles. The number of aryl methyl sites for hydroxylation is 1. The molecule has 0 aromatic carbocycles. The molecule has 0 bridgehead atoms. The first kappa shape index (κ1) is 17.1. The molecule has 10 nitrogen and oxygen atoms in total. The van der Waals surface area contributed by atoms with E-state index in [4.69, 9.17) is 0 Å². The number of hydrogen-bond acceptors (Lipinski definition) is 9. The molecular weight excluding hydrogens is 372 g/mol. The average molecular weight is 384 g/mol. The van der Waals surface area contributed by atoms with Gasteiger partial charge in [0.05, 0.1) is 5.39 Å². The lowest BCUT2D eigenvalue weighted by Gasteiger charge is -2.36. The predicted octanol–water partition coefficient (Wildman–Crippen LogP) is 2.01. The van der Waals surface area contributed by atoms with E-state index in [2.05, 4.69) is 20.3 Å². The third kappa shape index (κ3) is 2.72. The van der Waals surface area contributed by atoms with Gasteiger partial charge in [0.2, 0.25) is 5.43 Å². The molecule has 0 saturated carbocycles. The van der Waals surface area contributed by atoms with Crippen molar-refractivity contribution in [2.45, 2.75) is 13.0 Å². The molecule has 0 radical (unpaired) electrons. The van der Waals surface area contributed by atoms with Crippen LogP contribution in [0.2, 0.25) is 0 Å². The van der Waals surface area contributed by atoms with Gasteiger partial charge < -0.3 is 4.90 Å². The van der Waals surface area contributed by atoms with Crippen LogP contribution in [-0.4, -0.2) is 39.6 Å². The molecule has 1 saturated heterocycles. The van der Waals surface area contributed by atoms with Crippen LogP contribution >= 0.6 is 11.3 Å². The molecule has 4 rings (SSSR count). The Bertz CT molecular complexity index is 1130. The predicted molar refractivity (Wildman–Crippen MR) is 99.7 cm³/mol. The van der Waals surface area contributed by atoms with Gasteiger partial charge in [-0.15, -0.1) is 16.2 Å². The zero-order chi connectivity index (χ0) is 19.1. The summed E-state index contributed by atoms with van der Waals surface area (Å²) < 4.78 is 1.51. The highest BCUT2D eigenvalue weighted by Gasteiger charge is 2.30. The van der Waals surface area contributed by atoms with E-state index in [0.717, 1.165) is 0 Å². The van der Waals surface area contributed by atoms with E-state index in [9.17, 15) is 19.4 Å². The minimum Gasteiger partial charge on any atom is -0.352 e. The summed E-state index contributed by atoms with van der Waals surface area (Å²) in [4.78, 5) is 56.6. The highest BCUT2D eigenvalue weighted by molar-refractivity contribution is 7.12. The van der Waals surface area contributed by atoms with Gasteiger partial charge in [0.1, 0.15) is 17.4 Å². The first-order valence-electron chi connectivity index (χ1n) is 7.95. The smallest absolute Gasteiger partial charge is 0.322 e. The first-order chi connectivity index (χ1) is 13.0. The van der Waals surface area contributed by atoms with Crippen LogP contribution in [-0.2, 0) is 0 Å². The number of fused-ring (bicyclic) bond motifs is 1. The average Bonchev–Trinajstić information content (AvgIpc) is 3.14. The summed E-state index contributed by atoms with van der Waals surface area (Å²) in [5, 5.41) is 7.83. The molecule has 0 N–H and O–H groups in total. The highest BCUT2D eigenvalue weighted by atomic mass is 32.1. The highest BCUT2D eigenvalue weighted by Crippen LogP contribution is 2.27. The summed E-state index contributed by atoms with van der Waals surface area (Å²) in [5.41, 5.74) is -0.0298. The van der Waals surface area contributed by atoms with E-state index in [-0.39, 0.29) is 17.0 Å². The molecule has 1 aliphatic heterocycles. The summed E-state index contributed by atoms with van der Waals surface area (Å²) >= 11 is 1.29. The van der Waals surface area contributed by atoms with E-state index >= 15 is 0 Å². The second-order valence-electron chi connectivity index (χ2n) is 6.11. The third-order valence-corrected chi connectivity index (χ3v) is 5.19. The molecule has 1 amide bonds. The molecule has 0 aliphatic carbocycles. The molecule has 3 aromatic heterocycles. The number of nitroso groups, excluding NO2 is 2. The van der Waals surface area contributed by atoms with Crippen LogP contribution in [0.1, 0.15) is 15.9 Å². The number of carbonyl (C=O) groups is 1. The maximum atomic E-state index is 12.8. The van der Waals surface area contributed by atoms with E-state index in [1.54, 1.807) is 24.6 Å². The maximum absolute atomic E-state index is 12.8. The van der Waals surface area contributed by atoms with Gasteiger partial charge in [0, 0.05) is 36.0 Å². The largest absolute Gasteiger partial charge is 0.352 e. The van der Waals surface area contributed by atoms with Crippen LogP contribution in [0.3, 0.4) is 0 Å². The lowest BCUT2D eigenvalue weighted by atomic mass is 10.1. The lowest BCUT2D eigenvalue weighted by Crippen LogP contribution is -2.50. The Hall–Kier alpha value is -3.34. The van der Waals surface area contributed by atoms with Crippen molar-refractivity contribution in [3.05, 3.63) is 55.0 Å². The van der Waals surface area contributed by atoms with Gasteiger partial charge in [-0.1, -0.05) is 5.18 Å². The molecule has 11 heteroatoms. The molecule has 0 spiro atoms. The fourth-order valence-corrected chi connectivity index (χ4v) is 3.65. The number of pyridine rings is 2. The van der Waals surface area contributed by atoms with Crippen molar-refractivity contribution < 1.29 is 4.79 Å². The van der Waals surface area contributed by atoms with Crippen molar-refractivity contribution in [1.82, 2.24) is 14.5 Å². The van der Waals surface area contributed by atoms with Crippen LogP contribution in [0.15, 0.2) is 39.0 Å². The summed E-state index contributed by atoms with van der Waals surface area (Å²) in [7, 11) is 0. The van der Waals surface area contributed by atoms with Crippen molar-refractivity contribution in [2.75, 3.05) is 18.0 Å². The van der Waals surface area contributed by atoms with E-state index in [1.807, 2.05) is 4.90 Å². The molecule has 3 aromatic rings. The zero-order valence-corrected chi connectivity index (χ0v) is 14.8. The van der Waals surface area contributed by atoms with Crippen LogP contribution in [0, 0.1) is 16.7 Å². The molecule has 136 valence electrons. The Labute approximate surface area is 155 Å². The molecule has 1 aliphatic rings. The molecule has 0 unspecified atom stereocenters. The van der Waals surface area contributed by atoms with Crippen LogP contribution in [0.5, 0.6) is 0 Å². The van der Waals surface area contributed by atoms with Gasteiger partial charge in [-0.25, -0.2) is 9.97 Å². The summed E-state index contributed by atoms with van der Waals surface area (Å²) in [6.45, 7) is 2.63. The van der Waals surface area contributed by atoms with Crippen LogP contribution in [0.25, 0.3) is 16.2 Å². The van der Waals surface area contributed by atoms with E-state index < -0.39 is 11.3 Å². The Kier molecular flexibility index (Phi) is 4.07. The fraction of sp³-hybridized carbons (Fsp3) is 0.250. The number of carbonyl (C=O) groups excluding carboxylic acids is 1. The van der Waals surface area contributed by atoms with Crippen molar-refractivity contribution >= 4 is 34.1 Å². The fourth-order valence-electron chi connectivity index (χ4n) is 3.03. The normalized spacial score (nSPS) is 14.2. The minimum atomic E-state index is -1.14. The number of nitrogens with zero attached hydrogens (tertiary/aromatic N) is 6. The van der Waals surface area contributed by atoms with E-state index in [1.165, 1.54) is 22.1 Å². The maximum Gasteiger partial charge on any atom is 0.322 e. The third-order valence-electron chi connectivity index (χ3n) is 4.42. The topological polar surface area (TPSA) is 127 Å². The Morgan fingerprint density at radius 1 is 1.33 bits per heavy atom. The van der Waals surface area contributed by atoms with Gasteiger partial charge in [-0.05, 0) is 18.6 Å². The first-order valence-corrected chi connectivity index (χ1v) is 8.83. The number of hydrogen-bond donors (Lipinski definition) is 0. The number of amides is 1. The van der Waals surface area contributed by atoms with Crippen molar-refractivity contribution in [3.8, 4) is 5.13 Å². The Morgan fingerprint density at radius 2 is 2.11 bits per heavy atom. The van der Waals surface area contributed by atoms with Crippen molar-refractivity contribution in [3.63, 3.8) is 0 Å². The second-order valence-corrected chi connectivity index (χ2v) is 6.99. The number of rotatable bonds is 4. The Morgan fingerprint density at radius 3 is 2.74 bits per heavy atom. The monoisotopic (exact) mass is 384 g/mol. The summed E-state index contributed by atoms with van der Waals surface area (Å²) in [6, 6.07) is 1.43. The van der Waals surface area contributed by atoms with Gasteiger partial charge >= 0.3 is 5.91 Å². The quantitative estimate of drug-likeness (QED) is 0.630. The van der Waals surface area contributed by atoms with Crippen molar-refractivity contribution in [2.24, 2.45) is 10.4 Å². The molecule has 27 heavy (non-hydrogen) atoms. The standard InChI is InChI=1S/C16H12N6O4S/c1-8-4-11(21-5-9(6-21)19-25)18-14-12(8)13(23)10(15(24)20-26)7-22(14)16-17-2-3-27-16/h2-4,7,9H,5-6H2,1H3.